The highest BCUT2D eigenvalue weighted by Crippen LogP contribution is 2.19. The van der Waals surface area contributed by atoms with Gasteiger partial charge in [-0.2, -0.15) is 5.10 Å². The van der Waals surface area contributed by atoms with E-state index in [1.807, 2.05) is 30.5 Å². The van der Waals surface area contributed by atoms with E-state index < -0.39 is 0 Å². The topological polar surface area (TPSA) is 84.5 Å². The molecule has 27 heavy (non-hydrogen) atoms. The highest BCUT2D eigenvalue weighted by atomic mass is 79.9. The molecule has 0 fully saturated rings. The number of carbonyl (C=O) groups is 2. The van der Waals surface area contributed by atoms with Crippen LogP contribution in [0.5, 0.6) is 0 Å². The van der Waals surface area contributed by atoms with Crippen molar-refractivity contribution < 1.29 is 9.59 Å². The molecule has 2 amide bonds. The standard InChI is InChI=1S/C18H19BrN6O2/c1-11(2)21-17(26)15-4-3-13-10-23(5-6-24(13)15)18(27)14-7-16-20-8-12(19)9-25(16)22-14/h3-4,7-9,11H,5-6,10H2,1-2H3,(H,21,26). The Hall–Kier alpha value is -2.68. The zero-order valence-electron chi connectivity index (χ0n) is 15.0. The van der Waals surface area contributed by atoms with Crippen LogP contribution in [0.3, 0.4) is 0 Å². The molecule has 8 nitrogen and oxygen atoms in total. The van der Waals surface area contributed by atoms with E-state index in [-0.39, 0.29) is 17.9 Å². The Balaban J connectivity index is 1.54. The summed E-state index contributed by atoms with van der Waals surface area (Å²) in [6.07, 6.45) is 3.43. The van der Waals surface area contributed by atoms with Crippen molar-refractivity contribution >= 4 is 33.4 Å². The van der Waals surface area contributed by atoms with Crippen molar-refractivity contribution in [3.63, 3.8) is 0 Å². The van der Waals surface area contributed by atoms with E-state index >= 15 is 0 Å². The molecule has 1 aliphatic heterocycles. The lowest BCUT2D eigenvalue weighted by atomic mass is 10.2. The predicted octanol–water partition coefficient (Wildman–Crippen LogP) is 2.09. The molecule has 3 aromatic heterocycles. The van der Waals surface area contributed by atoms with Crippen LogP contribution in [0.25, 0.3) is 5.65 Å². The molecule has 1 N–H and O–H groups in total. The maximum atomic E-state index is 12.9. The molecule has 0 bridgehead atoms. The van der Waals surface area contributed by atoms with Gasteiger partial charge in [0.15, 0.2) is 11.3 Å². The molecule has 0 saturated carbocycles. The van der Waals surface area contributed by atoms with Gasteiger partial charge < -0.3 is 14.8 Å². The Bertz CT molecular complexity index is 1040. The van der Waals surface area contributed by atoms with E-state index in [1.54, 1.807) is 27.9 Å². The maximum Gasteiger partial charge on any atom is 0.274 e. The molecule has 0 unspecified atom stereocenters. The number of amides is 2. The van der Waals surface area contributed by atoms with Crippen molar-refractivity contribution in [2.75, 3.05) is 6.54 Å². The lowest BCUT2D eigenvalue weighted by molar-refractivity contribution is 0.0703. The largest absolute Gasteiger partial charge is 0.349 e. The minimum atomic E-state index is -0.141. The molecule has 4 heterocycles. The third-order valence-electron chi connectivity index (χ3n) is 4.46. The van der Waals surface area contributed by atoms with Gasteiger partial charge >= 0.3 is 0 Å². The van der Waals surface area contributed by atoms with Crippen molar-refractivity contribution in [2.45, 2.75) is 33.0 Å². The molecule has 0 radical (unpaired) electrons. The monoisotopic (exact) mass is 430 g/mol. The second-order valence-corrected chi connectivity index (χ2v) is 7.74. The van der Waals surface area contributed by atoms with Crippen molar-refractivity contribution in [3.05, 3.63) is 52.1 Å². The third kappa shape index (κ3) is 3.34. The summed E-state index contributed by atoms with van der Waals surface area (Å²) in [5, 5.41) is 7.24. The minimum Gasteiger partial charge on any atom is -0.349 e. The Kier molecular flexibility index (Phi) is 4.47. The highest BCUT2D eigenvalue weighted by Gasteiger charge is 2.26. The van der Waals surface area contributed by atoms with Crippen LogP contribution >= 0.6 is 15.9 Å². The lowest BCUT2D eigenvalue weighted by Gasteiger charge is -2.29. The van der Waals surface area contributed by atoms with Crippen LogP contribution in [-0.2, 0) is 13.1 Å². The summed E-state index contributed by atoms with van der Waals surface area (Å²) >= 11 is 3.35. The van der Waals surface area contributed by atoms with Gasteiger partial charge in [-0.1, -0.05) is 0 Å². The fraction of sp³-hybridized carbons (Fsp3) is 0.333. The summed E-state index contributed by atoms with van der Waals surface area (Å²) in [6, 6.07) is 5.47. The molecule has 9 heteroatoms. The van der Waals surface area contributed by atoms with Crippen LogP contribution in [-0.4, -0.2) is 48.5 Å². The Morgan fingerprint density at radius 3 is 2.85 bits per heavy atom. The molecular weight excluding hydrogens is 412 g/mol. The quantitative estimate of drug-likeness (QED) is 0.689. The number of halogens is 1. The van der Waals surface area contributed by atoms with Gasteiger partial charge in [0, 0.05) is 43.3 Å². The van der Waals surface area contributed by atoms with Crippen molar-refractivity contribution in [3.8, 4) is 0 Å². The number of nitrogens with zero attached hydrogens (tertiary/aromatic N) is 5. The molecule has 140 valence electrons. The zero-order valence-corrected chi connectivity index (χ0v) is 16.6. The number of fused-ring (bicyclic) bond motifs is 2. The average molecular weight is 431 g/mol. The second-order valence-electron chi connectivity index (χ2n) is 6.82. The fourth-order valence-corrected chi connectivity index (χ4v) is 3.53. The van der Waals surface area contributed by atoms with Crippen molar-refractivity contribution in [2.24, 2.45) is 0 Å². The van der Waals surface area contributed by atoms with Crippen LogP contribution in [0, 0.1) is 0 Å². The van der Waals surface area contributed by atoms with Gasteiger partial charge in [-0.25, -0.2) is 9.50 Å². The number of hydrogen-bond donors (Lipinski definition) is 1. The van der Waals surface area contributed by atoms with Gasteiger partial charge in [0.05, 0.1) is 11.0 Å². The normalized spacial score (nSPS) is 13.9. The Morgan fingerprint density at radius 1 is 1.26 bits per heavy atom. The summed E-state index contributed by atoms with van der Waals surface area (Å²) < 4.78 is 4.35. The van der Waals surface area contributed by atoms with Crippen molar-refractivity contribution in [1.29, 1.82) is 0 Å². The molecule has 0 aliphatic carbocycles. The summed E-state index contributed by atoms with van der Waals surface area (Å²) in [5.41, 5.74) is 2.55. The first-order valence-corrected chi connectivity index (χ1v) is 9.51. The zero-order chi connectivity index (χ0) is 19.1. The summed E-state index contributed by atoms with van der Waals surface area (Å²) in [6.45, 7) is 5.40. The summed E-state index contributed by atoms with van der Waals surface area (Å²) in [7, 11) is 0. The van der Waals surface area contributed by atoms with Crippen LogP contribution in [0.4, 0.5) is 0 Å². The van der Waals surface area contributed by atoms with Crippen LogP contribution < -0.4 is 5.32 Å². The average Bonchev–Trinajstić information content (AvgIpc) is 3.23. The van der Waals surface area contributed by atoms with Gasteiger partial charge in [-0.15, -0.1) is 0 Å². The molecule has 1 aliphatic rings. The second kappa shape index (κ2) is 6.80. The van der Waals surface area contributed by atoms with Gasteiger partial charge in [-0.3, -0.25) is 9.59 Å². The molecule has 0 saturated heterocycles. The maximum absolute atomic E-state index is 12.9. The molecule has 4 rings (SSSR count). The fourth-order valence-electron chi connectivity index (χ4n) is 3.24. The number of hydrogen-bond acceptors (Lipinski definition) is 4. The van der Waals surface area contributed by atoms with Crippen LogP contribution in [0.2, 0.25) is 0 Å². The molecule has 0 atom stereocenters. The van der Waals surface area contributed by atoms with Gasteiger partial charge in [0.2, 0.25) is 0 Å². The molecule has 3 aromatic rings. The van der Waals surface area contributed by atoms with E-state index in [4.69, 9.17) is 0 Å². The predicted molar refractivity (Wildman–Crippen MR) is 102 cm³/mol. The van der Waals surface area contributed by atoms with E-state index in [9.17, 15) is 9.59 Å². The molecule has 0 spiro atoms. The van der Waals surface area contributed by atoms with Gasteiger partial charge in [-0.05, 0) is 41.9 Å². The van der Waals surface area contributed by atoms with Gasteiger partial charge in [0.25, 0.3) is 11.8 Å². The number of aromatic nitrogens is 4. The van der Waals surface area contributed by atoms with E-state index in [0.29, 0.717) is 36.7 Å². The minimum absolute atomic E-state index is 0.0778. The smallest absolute Gasteiger partial charge is 0.274 e. The summed E-state index contributed by atoms with van der Waals surface area (Å²) in [5.74, 6) is -0.231. The summed E-state index contributed by atoms with van der Waals surface area (Å²) in [4.78, 5) is 31.2. The number of rotatable bonds is 3. The van der Waals surface area contributed by atoms with E-state index in [0.717, 1.165) is 10.2 Å². The van der Waals surface area contributed by atoms with Crippen LogP contribution in [0.15, 0.2) is 35.1 Å². The number of nitrogens with one attached hydrogen (secondary N) is 1. The number of carbonyl (C=O) groups excluding carboxylic acids is 2. The Morgan fingerprint density at radius 2 is 2.07 bits per heavy atom. The van der Waals surface area contributed by atoms with E-state index in [2.05, 4.69) is 31.3 Å². The highest BCUT2D eigenvalue weighted by molar-refractivity contribution is 9.10. The third-order valence-corrected chi connectivity index (χ3v) is 4.87. The first-order chi connectivity index (χ1) is 12.9. The van der Waals surface area contributed by atoms with Gasteiger partial charge in [0.1, 0.15) is 5.69 Å². The first kappa shape index (κ1) is 17.7. The Labute approximate surface area is 164 Å². The SMILES string of the molecule is CC(C)NC(=O)c1ccc2n1CCN(C(=O)c1cc3ncc(Br)cn3n1)C2. The van der Waals surface area contributed by atoms with Crippen molar-refractivity contribution in [1.82, 2.24) is 29.4 Å². The molecular formula is C18H19BrN6O2. The first-order valence-electron chi connectivity index (χ1n) is 8.72. The van der Waals surface area contributed by atoms with Crippen LogP contribution in [0.1, 0.15) is 40.5 Å². The molecule has 0 aromatic carbocycles. The van der Waals surface area contributed by atoms with E-state index in [1.165, 1.54) is 0 Å². The lowest BCUT2D eigenvalue weighted by Crippen LogP contribution is -2.40.